The Labute approximate surface area is 142 Å². The lowest BCUT2D eigenvalue weighted by atomic mass is 9.90. The molecule has 1 aliphatic rings. The van der Waals surface area contributed by atoms with Crippen LogP contribution in [0.25, 0.3) is 0 Å². The molecule has 1 fully saturated rings. The van der Waals surface area contributed by atoms with Crippen molar-refractivity contribution in [1.82, 2.24) is 15.0 Å². The number of Topliss-reactive ketones (excluding diaryl/α,β-unsaturated/α-hetero) is 1. The molecular formula is C17H18F3N3O2. The van der Waals surface area contributed by atoms with Crippen LogP contribution in [-0.4, -0.2) is 33.9 Å². The molecule has 1 aromatic carbocycles. The van der Waals surface area contributed by atoms with Crippen LogP contribution in [0.1, 0.15) is 30.1 Å². The highest BCUT2D eigenvalue weighted by molar-refractivity contribution is 5.83. The van der Waals surface area contributed by atoms with Crippen molar-refractivity contribution in [1.29, 1.82) is 0 Å². The van der Waals surface area contributed by atoms with Crippen LogP contribution in [0.15, 0.2) is 34.9 Å². The molecule has 1 aliphatic heterocycles. The van der Waals surface area contributed by atoms with Crippen LogP contribution in [0.3, 0.4) is 0 Å². The number of halogens is 3. The molecule has 2 heterocycles. The van der Waals surface area contributed by atoms with Crippen LogP contribution in [0, 0.1) is 5.92 Å². The molecule has 0 unspecified atom stereocenters. The van der Waals surface area contributed by atoms with Gasteiger partial charge in [-0.05, 0) is 24.9 Å². The monoisotopic (exact) mass is 353 g/mol. The second kappa shape index (κ2) is 7.35. The van der Waals surface area contributed by atoms with Gasteiger partial charge in [0.05, 0.1) is 6.54 Å². The van der Waals surface area contributed by atoms with E-state index in [-0.39, 0.29) is 24.1 Å². The average molecular weight is 353 g/mol. The fourth-order valence-electron chi connectivity index (χ4n) is 3.03. The predicted octanol–water partition coefficient (Wildman–Crippen LogP) is 3.11. The molecule has 134 valence electrons. The number of rotatable bonds is 5. The maximum Gasteiger partial charge on any atom is 0.455 e. The van der Waals surface area contributed by atoms with E-state index >= 15 is 0 Å². The number of carbonyl (C=O) groups is 1. The van der Waals surface area contributed by atoms with Crippen molar-refractivity contribution in [2.75, 3.05) is 13.1 Å². The summed E-state index contributed by atoms with van der Waals surface area (Å²) in [5.74, 6) is -1.32. The van der Waals surface area contributed by atoms with E-state index in [2.05, 4.69) is 14.7 Å². The normalized spacial score (nSPS) is 19.1. The Bertz CT molecular complexity index is 715. The van der Waals surface area contributed by atoms with Crippen molar-refractivity contribution in [2.45, 2.75) is 32.0 Å². The Balaban J connectivity index is 1.57. The molecule has 1 saturated heterocycles. The summed E-state index contributed by atoms with van der Waals surface area (Å²) >= 11 is 0. The average Bonchev–Trinajstić information content (AvgIpc) is 3.05. The van der Waals surface area contributed by atoms with Gasteiger partial charge in [-0.25, -0.2) is 0 Å². The SMILES string of the molecule is O=C(Cc1ccccc1)[C@@H]1CCCN(Cc2nc(C(F)(F)F)no2)C1. The highest BCUT2D eigenvalue weighted by Gasteiger charge is 2.37. The number of benzene rings is 1. The first-order valence-electron chi connectivity index (χ1n) is 8.10. The second-order valence-corrected chi connectivity index (χ2v) is 6.21. The van der Waals surface area contributed by atoms with Gasteiger partial charge in [-0.15, -0.1) is 0 Å². The smallest absolute Gasteiger partial charge is 0.338 e. The molecule has 0 radical (unpaired) electrons. The van der Waals surface area contributed by atoms with E-state index in [1.165, 1.54) is 0 Å². The fourth-order valence-corrected chi connectivity index (χ4v) is 3.03. The minimum atomic E-state index is -4.61. The van der Waals surface area contributed by atoms with Crippen LogP contribution >= 0.6 is 0 Å². The summed E-state index contributed by atoms with van der Waals surface area (Å²) in [6.45, 7) is 1.31. The number of piperidine rings is 1. The zero-order valence-electron chi connectivity index (χ0n) is 13.5. The number of carbonyl (C=O) groups excluding carboxylic acids is 1. The largest absolute Gasteiger partial charge is 0.455 e. The summed E-state index contributed by atoms with van der Waals surface area (Å²) < 4.78 is 42.2. The molecule has 0 aliphatic carbocycles. The Hall–Kier alpha value is -2.22. The summed E-state index contributed by atoms with van der Waals surface area (Å²) in [6.07, 6.45) is -2.64. The molecule has 0 saturated carbocycles. The molecule has 25 heavy (non-hydrogen) atoms. The molecule has 0 N–H and O–H groups in total. The number of aromatic nitrogens is 2. The lowest BCUT2D eigenvalue weighted by molar-refractivity contribution is -0.146. The molecule has 0 amide bonds. The maximum atomic E-state index is 12.5. The summed E-state index contributed by atoms with van der Waals surface area (Å²) in [5, 5.41) is 2.96. The van der Waals surface area contributed by atoms with Crippen LogP contribution in [0.4, 0.5) is 13.2 Å². The number of ketones is 1. The maximum absolute atomic E-state index is 12.5. The second-order valence-electron chi connectivity index (χ2n) is 6.21. The molecule has 0 spiro atoms. The van der Waals surface area contributed by atoms with Crippen LogP contribution in [-0.2, 0) is 23.9 Å². The number of hydrogen-bond acceptors (Lipinski definition) is 5. The van der Waals surface area contributed by atoms with Gasteiger partial charge in [-0.3, -0.25) is 9.69 Å². The molecule has 8 heteroatoms. The van der Waals surface area contributed by atoms with E-state index in [1.54, 1.807) is 0 Å². The number of alkyl halides is 3. The van der Waals surface area contributed by atoms with Crippen molar-refractivity contribution in [3.8, 4) is 0 Å². The third kappa shape index (κ3) is 4.66. The minimum absolute atomic E-state index is 0.0801. The zero-order valence-corrected chi connectivity index (χ0v) is 13.5. The van der Waals surface area contributed by atoms with Gasteiger partial charge in [0.25, 0.3) is 5.82 Å². The highest BCUT2D eigenvalue weighted by Crippen LogP contribution is 2.27. The Morgan fingerprint density at radius 1 is 1.28 bits per heavy atom. The molecule has 1 aromatic heterocycles. The summed E-state index contributed by atoms with van der Waals surface area (Å²) in [4.78, 5) is 17.8. The number of hydrogen-bond donors (Lipinski definition) is 0. The topological polar surface area (TPSA) is 59.2 Å². The van der Waals surface area contributed by atoms with Crippen LogP contribution < -0.4 is 0 Å². The lowest BCUT2D eigenvalue weighted by Crippen LogP contribution is -2.38. The lowest BCUT2D eigenvalue weighted by Gasteiger charge is -2.30. The predicted molar refractivity (Wildman–Crippen MR) is 82.5 cm³/mol. The standard InChI is InChI=1S/C17H18F3N3O2/c18-17(19,20)16-21-15(25-22-16)11-23-8-4-7-13(10-23)14(24)9-12-5-2-1-3-6-12/h1-3,5-6,13H,4,7-11H2/t13-/m1/s1. The minimum Gasteiger partial charge on any atom is -0.338 e. The van der Waals surface area contributed by atoms with Crippen molar-refractivity contribution in [3.63, 3.8) is 0 Å². The Morgan fingerprint density at radius 2 is 2.04 bits per heavy atom. The fraction of sp³-hybridized carbons (Fsp3) is 0.471. The third-order valence-corrected chi connectivity index (χ3v) is 4.26. The summed E-state index contributed by atoms with van der Waals surface area (Å²) in [5.41, 5.74) is 0.969. The van der Waals surface area contributed by atoms with E-state index in [0.717, 1.165) is 18.4 Å². The molecule has 0 bridgehead atoms. The molecule has 1 atom stereocenters. The molecular weight excluding hydrogens is 335 g/mol. The highest BCUT2D eigenvalue weighted by atomic mass is 19.4. The van der Waals surface area contributed by atoms with Gasteiger partial charge in [-0.1, -0.05) is 35.5 Å². The van der Waals surface area contributed by atoms with E-state index < -0.39 is 12.0 Å². The van der Waals surface area contributed by atoms with E-state index in [0.29, 0.717) is 19.5 Å². The van der Waals surface area contributed by atoms with E-state index in [4.69, 9.17) is 0 Å². The van der Waals surface area contributed by atoms with Crippen molar-refractivity contribution < 1.29 is 22.5 Å². The summed E-state index contributed by atoms with van der Waals surface area (Å²) in [6, 6.07) is 9.51. The number of likely N-dealkylation sites (tertiary alicyclic amines) is 1. The van der Waals surface area contributed by atoms with Gasteiger partial charge >= 0.3 is 6.18 Å². The van der Waals surface area contributed by atoms with Gasteiger partial charge in [0.15, 0.2) is 0 Å². The van der Waals surface area contributed by atoms with Crippen molar-refractivity contribution in [3.05, 3.63) is 47.6 Å². The van der Waals surface area contributed by atoms with Gasteiger partial charge in [0.2, 0.25) is 5.89 Å². The first-order valence-corrected chi connectivity index (χ1v) is 8.10. The van der Waals surface area contributed by atoms with Gasteiger partial charge in [0.1, 0.15) is 5.78 Å². The molecule has 3 rings (SSSR count). The first-order chi connectivity index (χ1) is 11.9. The van der Waals surface area contributed by atoms with Crippen molar-refractivity contribution >= 4 is 5.78 Å². The number of nitrogens with zero attached hydrogens (tertiary/aromatic N) is 3. The van der Waals surface area contributed by atoms with E-state index in [1.807, 2.05) is 35.2 Å². The van der Waals surface area contributed by atoms with Crippen LogP contribution in [0.2, 0.25) is 0 Å². The first kappa shape index (κ1) is 17.6. The van der Waals surface area contributed by atoms with Gasteiger partial charge in [-0.2, -0.15) is 18.2 Å². The van der Waals surface area contributed by atoms with E-state index in [9.17, 15) is 18.0 Å². The van der Waals surface area contributed by atoms with Crippen LogP contribution in [0.5, 0.6) is 0 Å². The molecule has 5 nitrogen and oxygen atoms in total. The van der Waals surface area contributed by atoms with Gasteiger partial charge < -0.3 is 4.52 Å². The Morgan fingerprint density at radius 3 is 2.72 bits per heavy atom. The molecule has 2 aromatic rings. The Kier molecular flexibility index (Phi) is 5.17. The quantitative estimate of drug-likeness (QED) is 0.827. The third-order valence-electron chi connectivity index (χ3n) is 4.26. The van der Waals surface area contributed by atoms with Gasteiger partial charge in [0, 0.05) is 18.9 Å². The zero-order chi connectivity index (χ0) is 17.9. The van der Waals surface area contributed by atoms with Crippen molar-refractivity contribution in [2.24, 2.45) is 5.92 Å². The summed E-state index contributed by atoms with van der Waals surface area (Å²) in [7, 11) is 0.